The zero-order chi connectivity index (χ0) is 13.0. The van der Waals surface area contributed by atoms with Crippen molar-refractivity contribution in [1.29, 1.82) is 0 Å². The van der Waals surface area contributed by atoms with Gasteiger partial charge >= 0.3 is 0 Å². The van der Waals surface area contributed by atoms with Crippen molar-refractivity contribution >= 4 is 17.5 Å². The number of benzene rings is 1. The number of ketones is 1. The number of aryl methyl sites for hydroxylation is 1. The first kappa shape index (κ1) is 14.3. The van der Waals surface area contributed by atoms with Gasteiger partial charge < -0.3 is 5.11 Å². The molecule has 0 aromatic heterocycles. The van der Waals surface area contributed by atoms with Crippen LogP contribution in [0, 0.1) is 6.92 Å². The Balaban J connectivity index is 2.66. The van der Waals surface area contributed by atoms with Crippen LogP contribution in [0.2, 0.25) is 0 Å². The minimum atomic E-state index is -0.395. The molecular formula is C14H20O2S. The Morgan fingerprint density at radius 3 is 2.18 bits per heavy atom. The zero-order valence-electron chi connectivity index (χ0n) is 10.8. The van der Waals surface area contributed by atoms with E-state index in [1.165, 1.54) is 11.8 Å². The molecular weight excluding hydrogens is 232 g/mol. The number of thioether (sulfide) groups is 1. The van der Waals surface area contributed by atoms with E-state index in [9.17, 15) is 9.90 Å². The molecule has 0 bridgehead atoms. The molecule has 1 N–H and O–H groups in total. The van der Waals surface area contributed by atoms with Crippen LogP contribution in [-0.2, 0) is 0 Å². The number of carbonyl (C=O) groups is 1. The molecule has 3 atom stereocenters. The molecule has 17 heavy (non-hydrogen) atoms. The van der Waals surface area contributed by atoms with Crippen LogP contribution in [0.25, 0.3) is 0 Å². The lowest BCUT2D eigenvalue weighted by atomic mass is 10.1. The van der Waals surface area contributed by atoms with Gasteiger partial charge in [-0.05, 0) is 20.8 Å². The largest absolute Gasteiger partial charge is 0.392 e. The van der Waals surface area contributed by atoms with Crippen LogP contribution in [0.5, 0.6) is 0 Å². The molecule has 0 spiro atoms. The van der Waals surface area contributed by atoms with E-state index in [2.05, 4.69) is 0 Å². The quantitative estimate of drug-likeness (QED) is 0.818. The number of hydrogen-bond donors (Lipinski definition) is 1. The van der Waals surface area contributed by atoms with Gasteiger partial charge in [-0.1, -0.05) is 36.8 Å². The minimum Gasteiger partial charge on any atom is -0.392 e. The summed E-state index contributed by atoms with van der Waals surface area (Å²) in [6.07, 6.45) is -0.395. The van der Waals surface area contributed by atoms with Crippen LogP contribution in [0.15, 0.2) is 24.3 Å². The number of hydrogen-bond acceptors (Lipinski definition) is 3. The van der Waals surface area contributed by atoms with Gasteiger partial charge in [0, 0.05) is 10.8 Å². The van der Waals surface area contributed by atoms with E-state index in [0.717, 1.165) is 11.1 Å². The summed E-state index contributed by atoms with van der Waals surface area (Å²) in [6, 6.07) is 7.62. The third kappa shape index (κ3) is 4.17. The first-order valence-corrected chi connectivity index (χ1v) is 6.80. The molecule has 3 heteroatoms. The van der Waals surface area contributed by atoms with Gasteiger partial charge in [0.15, 0.2) is 5.78 Å². The average Bonchev–Trinajstić information content (AvgIpc) is 2.28. The number of Topliss-reactive ketones (excluding diaryl/α,β-unsaturated/α-hetero) is 1. The lowest BCUT2D eigenvalue weighted by Crippen LogP contribution is -2.22. The SMILES string of the molecule is Cc1ccc(C(=O)C(C)SC(C)C(C)O)cc1. The Morgan fingerprint density at radius 2 is 1.71 bits per heavy atom. The molecule has 3 unspecified atom stereocenters. The average molecular weight is 252 g/mol. The predicted octanol–water partition coefficient (Wildman–Crippen LogP) is 3.07. The predicted molar refractivity (Wildman–Crippen MR) is 73.7 cm³/mol. The number of rotatable bonds is 5. The maximum absolute atomic E-state index is 12.1. The van der Waals surface area contributed by atoms with Crippen molar-refractivity contribution < 1.29 is 9.90 Å². The van der Waals surface area contributed by atoms with Crippen molar-refractivity contribution in [1.82, 2.24) is 0 Å². The molecule has 0 amide bonds. The van der Waals surface area contributed by atoms with Crippen LogP contribution in [0.3, 0.4) is 0 Å². The van der Waals surface area contributed by atoms with Gasteiger partial charge in [-0.3, -0.25) is 4.79 Å². The maximum atomic E-state index is 12.1. The lowest BCUT2D eigenvalue weighted by Gasteiger charge is -2.18. The number of aliphatic hydroxyl groups excluding tert-OH is 1. The summed E-state index contributed by atoms with van der Waals surface area (Å²) < 4.78 is 0. The van der Waals surface area contributed by atoms with Crippen molar-refractivity contribution in [2.75, 3.05) is 0 Å². The topological polar surface area (TPSA) is 37.3 Å². The van der Waals surface area contributed by atoms with Gasteiger partial charge in [0.25, 0.3) is 0 Å². The zero-order valence-corrected chi connectivity index (χ0v) is 11.6. The van der Waals surface area contributed by atoms with Gasteiger partial charge in [-0.15, -0.1) is 11.8 Å². The molecule has 0 saturated heterocycles. The molecule has 0 heterocycles. The third-order valence-electron chi connectivity index (χ3n) is 2.80. The number of aliphatic hydroxyl groups is 1. The maximum Gasteiger partial charge on any atom is 0.175 e. The van der Waals surface area contributed by atoms with E-state index in [0.29, 0.717) is 0 Å². The molecule has 2 nitrogen and oxygen atoms in total. The second-order valence-electron chi connectivity index (χ2n) is 4.45. The molecule has 1 rings (SSSR count). The fourth-order valence-corrected chi connectivity index (χ4v) is 2.58. The lowest BCUT2D eigenvalue weighted by molar-refractivity contribution is 0.0993. The van der Waals surface area contributed by atoms with Gasteiger partial charge in [-0.25, -0.2) is 0 Å². The van der Waals surface area contributed by atoms with E-state index < -0.39 is 6.10 Å². The highest BCUT2D eigenvalue weighted by Crippen LogP contribution is 2.23. The fourth-order valence-electron chi connectivity index (χ4n) is 1.45. The molecule has 0 aliphatic heterocycles. The van der Waals surface area contributed by atoms with Gasteiger partial charge in [-0.2, -0.15) is 0 Å². The number of carbonyl (C=O) groups excluding carboxylic acids is 1. The van der Waals surface area contributed by atoms with Crippen LogP contribution in [0.4, 0.5) is 0 Å². The van der Waals surface area contributed by atoms with Crippen molar-refractivity contribution in [3.8, 4) is 0 Å². The van der Waals surface area contributed by atoms with E-state index in [-0.39, 0.29) is 16.3 Å². The highest BCUT2D eigenvalue weighted by Gasteiger charge is 2.20. The van der Waals surface area contributed by atoms with E-state index in [1.54, 1.807) is 6.92 Å². The monoisotopic (exact) mass is 252 g/mol. The van der Waals surface area contributed by atoms with Crippen LogP contribution >= 0.6 is 11.8 Å². The van der Waals surface area contributed by atoms with Crippen LogP contribution < -0.4 is 0 Å². The second-order valence-corrected chi connectivity index (χ2v) is 6.18. The molecule has 0 aliphatic rings. The molecule has 94 valence electrons. The third-order valence-corrected chi connectivity index (χ3v) is 4.25. The molecule has 1 aromatic rings. The van der Waals surface area contributed by atoms with Crippen LogP contribution in [-0.4, -0.2) is 27.5 Å². The molecule has 0 fully saturated rings. The highest BCUT2D eigenvalue weighted by molar-refractivity contribution is 8.01. The van der Waals surface area contributed by atoms with E-state index >= 15 is 0 Å². The van der Waals surface area contributed by atoms with E-state index in [4.69, 9.17) is 0 Å². The van der Waals surface area contributed by atoms with Crippen molar-refractivity contribution in [2.24, 2.45) is 0 Å². The second kappa shape index (κ2) is 6.22. The Hall–Kier alpha value is -0.800. The van der Waals surface area contributed by atoms with Crippen molar-refractivity contribution in [3.63, 3.8) is 0 Å². The van der Waals surface area contributed by atoms with Crippen molar-refractivity contribution in [3.05, 3.63) is 35.4 Å². The molecule has 0 aliphatic carbocycles. The summed E-state index contributed by atoms with van der Waals surface area (Å²) in [7, 11) is 0. The van der Waals surface area contributed by atoms with Crippen molar-refractivity contribution in [2.45, 2.75) is 44.3 Å². The normalized spacial score (nSPS) is 16.3. The summed E-state index contributed by atoms with van der Waals surface area (Å²) in [5.41, 5.74) is 1.90. The molecule has 0 radical (unpaired) electrons. The van der Waals surface area contributed by atoms with E-state index in [1.807, 2.05) is 45.0 Å². The highest BCUT2D eigenvalue weighted by atomic mass is 32.2. The molecule has 0 saturated carbocycles. The summed E-state index contributed by atoms with van der Waals surface area (Å²) in [5, 5.41) is 9.37. The Bertz CT molecular complexity index is 370. The Kier molecular flexibility index (Phi) is 5.22. The summed E-state index contributed by atoms with van der Waals surface area (Å²) in [6.45, 7) is 7.59. The van der Waals surface area contributed by atoms with Crippen LogP contribution in [0.1, 0.15) is 36.7 Å². The summed E-state index contributed by atoms with van der Waals surface area (Å²) >= 11 is 1.52. The standard InChI is InChI=1S/C14H20O2S/c1-9-5-7-13(8-6-9)14(16)12(4)17-11(3)10(2)15/h5-8,10-12,15H,1-4H3. The first-order valence-electron chi connectivity index (χ1n) is 5.86. The first-order chi connectivity index (χ1) is 7.91. The van der Waals surface area contributed by atoms with Gasteiger partial charge in [0.05, 0.1) is 11.4 Å². The summed E-state index contributed by atoms with van der Waals surface area (Å²) in [5.74, 6) is 0.127. The Morgan fingerprint density at radius 1 is 1.18 bits per heavy atom. The summed E-state index contributed by atoms with van der Waals surface area (Å²) in [4.78, 5) is 12.1. The van der Waals surface area contributed by atoms with Gasteiger partial charge in [0.1, 0.15) is 0 Å². The minimum absolute atomic E-state index is 0.0689. The molecule has 1 aromatic carbocycles. The smallest absolute Gasteiger partial charge is 0.175 e. The van der Waals surface area contributed by atoms with Gasteiger partial charge in [0.2, 0.25) is 0 Å². The Labute approximate surface area is 107 Å². The fraction of sp³-hybridized carbons (Fsp3) is 0.500.